The van der Waals surface area contributed by atoms with Crippen LogP contribution in [0.1, 0.15) is 5.56 Å². The summed E-state index contributed by atoms with van der Waals surface area (Å²) in [6.07, 6.45) is -4.42. The lowest BCUT2D eigenvalue weighted by Gasteiger charge is -2.13. The molecule has 0 saturated carbocycles. The van der Waals surface area contributed by atoms with Crippen molar-refractivity contribution in [2.24, 2.45) is 0 Å². The fraction of sp³-hybridized carbons (Fsp3) is 0.0769. The molecule has 0 fully saturated rings. The van der Waals surface area contributed by atoms with Gasteiger partial charge in [-0.05, 0) is 58.5 Å². The quantitative estimate of drug-likeness (QED) is 0.326. The van der Waals surface area contributed by atoms with Gasteiger partial charge in [-0.1, -0.05) is 34.8 Å². The third-order valence-electron chi connectivity index (χ3n) is 2.58. The summed E-state index contributed by atoms with van der Waals surface area (Å²) < 4.78 is 39.0. The molecular formula is C13H5Cl3F3I. The molecule has 7 heteroatoms. The summed E-state index contributed by atoms with van der Waals surface area (Å²) in [6.45, 7) is 0. The molecule has 0 atom stereocenters. The van der Waals surface area contributed by atoms with Crippen LogP contribution in [0, 0.1) is 3.57 Å². The molecule has 2 rings (SSSR count). The maximum Gasteiger partial charge on any atom is 0.416 e. The van der Waals surface area contributed by atoms with Crippen molar-refractivity contribution in [3.8, 4) is 11.1 Å². The molecule has 0 spiro atoms. The Balaban J connectivity index is 2.70. The van der Waals surface area contributed by atoms with Crippen LogP contribution in [0.25, 0.3) is 11.1 Å². The van der Waals surface area contributed by atoms with Gasteiger partial charge in [0.25, 0.3) is 0 Å². The minimum atomic E-state index is -4.42. The van der Waals surface area contributed by atoms with Gasteiger partial charge in [0.2, 0.25) is 0 Å². The fourth-order valence-electron chi connectivity index (χ4n) is 1.66. The molecule has 0 unspecified atom stereocenters. The monoisotopic (exact) mass is 450 g/mol. The average Bonchev–Trinajstić information content (AvgIpc) is 2.33. The average molecular weight is 451 g/mol. The van der Waals surface area contributed by atoms with Crippen LogP contribution in [0.2, 0.25) is 15.1 Å². The van der Waals surface area contributed by atoms with Gasteiger partial charge in [0.05, 0.1) is 15.6 Å². The zero-order chi connectivity index (χ0) is 15.1. The minimum Gasteiger partial charge on any atom is -0.166 e. The Kier molecular flexibility index (Phi) is 4.79. The topological polar surface area (TPSA) is 0 Å². The number of benzene rings is 2. The number of alkyl halides is 3. The normalized spacial score (nSPS) is 11.8. The molecule has 0 N–H and O–H groups in total. The Bertz CT molecular complexity index is 669. The van der Waals surface area contributed by atoms with E-state index >= 15 is 0 Å². The van der Waals surface area contributed by atoms with Gasteiger partial charge in [-0.3, -0.25) is 0 Å². The van der Waals surface area contributed by atoms with Crippen molar-refractivity contribution in [2.75, 3.05) is 0 Å². The standard InChI is InChI=1S/C13H5Cl3F3I/c14-7-4-9(12(16)10(15)5-7)8-3-6(13(17,18)19)1-2-11(8)20/h1-5H. The van der Waals surface area contributed by atoms with E-state index in [1.165, 1.54) is 18.2 Å². The summed E-state index contributed by atoms with van der Waals surface area (Å²) in [5.41, 5.74) is -0.0328. The smallest absolute Gasteiger partial charge is 0.166 e. The highest BCUT2D eigenvalue weighted by molar-refractivity contribution is 14.1. The second-order valence-electron chi connectivity index (χ2n) is 3.94. The summed E-state index contributed by atoms with van der Waals surface area (Å²) in [5, 5.41) is 0.679. The van der Waals surface area contributed by atoms with Crippen LogP contribution in [0.5, 0.6) is 0 Å². The van der Waals surface area contributed by atoms with Gasteiger partial charge in [0.15, 0.2) is 0 Å². The summed E-state index contributed by atoms with van der Waals surface area (Å²) in [4.78, 5) is 0. The Morgan fingerprint density at radius 3 is 2.15 bits per heavy atom. The van der Waals surface area contributed by atoms with E-state index in [1.54, 1.807) is 0 Å². The van der Waals surface area contributed by atoms with Crippen molar-refractivity contribution >= 4 is 57.4 Å². The van der Waals surface area contributed by atoms with E-state index in [4.69, 9.17) is 34.8 Å². The van der Waals surface area contributed by atoms with Gasteiger partial charge in [0.1, 0.15) is 0 Å². The predicted octanol–water partition coefficient (Wildman–Crippen LogP) is 6.94. The second kappa shape index (κ2) is 5.91. The Morgan fingerprint density at radius 2 is 1.55 bits per heavy atom. The van der Waals surface area contributed by atoms with Crippen LogP contribution in [-0.4, -0.2) is 0 Å². The fourth-order valence-corrected chi connectivity index (χ4v) is 2.99. The van der Waals surface area contributed by atoms with Crippen molar-refractivity contribution in [1.29, 1.82) is 0 Å². The lowest BCUT2D eigenvalue weighted by molar-refractivity contribution is -0.137. The molecule has 106 valence electrons. The molecule has 0 saturated heterocycles. The molecule has 0 nitrogen and oxygen atoms in total. The van der Waals surface area contributed by atoms with Crippen LogP contribution < -0.4 is 0 Å². The van der Waals surface area contributed by atoms with Crippen molar-refractivity contribution in [1.82, 2.24) is 0 Å². The SMILES string of the molecule is FC(F)(F)c1ccc(I)c(-c2cc(Cl)cc(Cl)c2Cl)c1. The molecule has 0 aliphatic carbocycles. The predicted molar refractivity (Wildman–Crippen MR) is 84.6 cm³/mol. The zero-order valence-electron chi connectivity index (χ0n) is 9.53. The number of rotatable bonds is 1. The van der Waals surface area contributed by atoms with E-state index in [2.05, 4.69) is 0 Å². The van der Waals surface area contributed by atoms with E-state index in [-0.39, 0.29) is 10.0 Å². The molecule has 0 aromatic heterocycles. The first-order chi connectivity index (χ1) is 9.20. The highest BCUT2D eigenvalue weighted by Crippen LogP contribution is 2.40. The van der Waals surface area contributed by atoms with Crippen molar-refractivity contribution in [3.05, 3.63) is 54.5 Å². The van der Waals surface area contributed by atoms with E-state index in [0.717, 1.165) is 12.1 Å². The number of hydrogen-bond donors (Lipinski definition) is 0. The van der Waals surface area contributed by atoms with Gasteiger partial charge in [-0.15, -0.1) is 0 Å². The summed E-state index contributed by atoms with van der Waals surface area (Å²) in [5.74, 6) is 0. The Hall–Kier alpha value is -0.170. The lowest BCUT2D eigenvalue weighted by atomic mass is 10.0. The molecule has 2 aromatic carbocycles. The number of halogens is 7. The molecule has 0 aliphatic heterocycles. The third-order valence-corrected chi connectivity index (χ3v) is 4.54. The lowest BCUT2D eigenvalue weighted by Crippen LogP contribution is -2.05. The van der Waals surface area contributed by atoms with Crippen molar-refractivity contribution in [3.63, 3.8) is 0 Å². The highest BCUT2D eigenvalue weighted by atomic mass is 127. The largest absolute Gasteiger partial charge is 0.416 e. The molecule has 0 amide bonds. The van der Waals surface area contributed by atoms with E-state index in [1.807, 2.05) is 22.6 Å². The molecule has 0 radical (unpaired) electrons. The molecule has 0 aliphatic rings. The van der Waals surface area contributed by atoms with E-state index in [0.29, 0.717) is 19.7 Å². The molecule has 0 heterocycles. The van der Waals surface area contributed by atoms with Crippen molar-refractivity contribution < 1.29 is 13.2 Å². The van der Waals surface area contributed by atoms with Crippen LogP contribution >= 0.6 is 57.4 Å². The van der Waals surface area contributed by atoms with Crippen molar-refractivity contribution in [2.45, 2.75) is 6.18 Å². The van der Waals surface area contributed by atoms with Crippen LogP contribution in [0.3, 0.4) is 0 Å². The van der Waals surface area contributed by atoms with Gasteiger partial charge >= 0.3 is 6.18 Å². The molecule has 0 bridgehead atoms. The minimum absolute atomic E-state index is 0.174. The second-order valence-corrected chi connectivity index (χ2v) is 6.33. The summed E-state index contributed by atoms with van der Waals surface area (Å²) in [6, 6.07) is 6.37. The third kappa shape index (κ3) is 3.35. The summed E-state index contributed by atoms with van der Waals surface area (Å²) >= 11 is 19.8. The molecular weight excluding hydrogens is 446 g/mol. The highest BCUT2D eigenvalue weighted by Gasteiger charge is 2.31. The Labute approximate surface area is 142 Å². The van der Waals surface area contributed by atoms with E-state index < -0.39 is 11.7 Å². The first kappa shape index (κ1) is 16.2. The van der Waals surface area contributed by atoms with Gasteiger partial charge < -0.3 is 0 Å². The van der Waals surface area contributed by atoms with Crippen LogP contribution in [0.4, 0.5) is 13.2 Å². The molecule has 20 heavy (non-hydrogen) atoms. The van der Waals surface area contributed by atoms with Crippen LogP contribution in [0.15, 0.2) is 30.3 Å². The van der Waals surface area contributed by atoms with E-state index in [9.17, 15) is 13.2 Å². The first-order valence-corrected chi connectivity index (χ1v) is 7.43. The maximum atomic E-state index is 12.8. The van der Waals surface area contributed by atoms with Gasteiger partial charge in [-0.25, -0.2) is 0 Å². The summed E-state index contributed by atoms with van der Waals surface area (Å²) in [7, 11) is 0. The Morgan fingerprint density at radius 1 is 0.900 bits per heavy atom. The first-order valence-electron chi connectivity index (χ1n) is 5.22. The zero-order valence-corrected chi connectivity index (χ0v) is 14.0. The molecule has 2 aromatic rings. The van der Waals surface area contributed by atoms with Gasteiger partial charge in [-0.2, -0.15) is 13.2 Å². The van der Waals surface area contributed by atoms with Gasteiger partial charge in [0, 0.05) is 14.2 Å². The van der Waals surface area contributed by atoms with Crippen LogP contribution in [-0.2, 0) is 6.18 Å². The number of hydrogen-bond acceptors (Lipinski definition) is 0. The maximum absolute atomic E-state index is 12.8.